The van der Waals surface area contributed by atoms with Crippen LogP contribution in [0, 0.1) is 28.0 Å². The molecule has 37 heavy (non-hydrogen) atoms. The van der Waals surface area contributed by atoms with E-state index in [-0.39, 0.29) is 28.6 Å². The second-order valence-corrected chi connectivity index (χ2v) is 10.5. The molecule has 7 nitrogen and oxygen atoms in total. The second-order valence-electron chi connectivity index (χ2n) is 10.5. The number of fused-ring (bicyclic) bond motifs is 4. The van der Waals surface area contributed by atoms with Crippen LogP contribution in [0.5, 0.6) is 0 Å². The molecule has 1 amide bonds. The van der Waals surface area contributed by atoms with Gasteiger partial charge in [-0.2, -0.15) is 10.4 Å². The van der Waals surface area contributed by atoms with Crippen LogP contribution in [0.4, 0.5) is 4.39 Å². The fourth-order valence-electron chi connectivity index (χ4n) is 5.99. The van der Waals surface area contributed by atoms with Crippen LogP contribution in [0.3, 0.4) is 0 Å². The number of hydrogen-bond acceptors (Lipinski definition) is 5. The van der Waals surface area contributed by atoms with E-state index in [1.54, 1.807) is 35.0 Å². The Morgan fingerprint density at radius 2 is 1.84 bits per heavy atom. The Hall–Kier alpha value is -3.99. The first-order valence-corrected chi connectivity index (χ1v) is 12.7. The highest BCUT2D eigenvalue weighted by atomic mass is 19.1. The number of carbonyl (C=O) groups is 1. The zero-order valence-corrected chi connectivity index (χ0v) is 21.1. The van der Waals surface area contributed by atoms with Gasteiger partial charge in [-0.05, 0) is 74.6 Å². The number of nitrogens with zero attached hydrogens (tertiary/aromatic N) is 4. The summed E-state index contributed by atoms with van der Waals surface area (Å²) in [5.41, 5.74) is 3.61. The van der Waals surface area contributed by atoms with Gasteiger partial charge in [-0.3, -0.25) is 4.79 Å². The van der Waals surface area contributed by atoms with Crippen molar-refractivity contribution in [2.75, 3.05) is 0 Å². The maximum atomic E-state index is 13.5. The normalized spacial score (nSPS) is 23.3. The van der Waals surface area contributed by atoms with E-state index in [4.69, 9.17) is 0 Å². The van der Waals surface area contributed by atoms with Crippen molar-refractivity contribution in [2.24, 2.45) is 10.8 Å². The van der Waals surface area contributed by atoms with E-state index in [9.17, 15) is 14.4 Å². The van der Waals surface area contributed by atoms with Gasteiger partial charge in [0.2, 0.25) is 0 Å². The summed E-state index contributed by atoms with van der Waals surface area (Å²) in [4.78, 5) is 18.1. The molecular weight excluding hydrogens is 467 g/mol. The zero-order chi connectivity index (χ0) is 26.2. The van der Waals surface area contributed by atoms with Crippen molar-refractivity contribution in [3.8, 4) is 6.07 Å². The zero-order valence-electron chi connectivity index (χ0n) is 21.1. The van der Waals surface area contributed by atoms with Crippen LogP contribution in [-0.2, 0) is 6.54 Å². The smallest absolute Gasteiger partial charge is 0.270 e. The van der Waals surface area contributed by atoms with Gasteiger partial charge in [0.05, 0.1) is 23.7 Å². The van der Waals surface area contributed by atoms with Gasteiger partial charge in [0.15, 0.2) is 5.65 Å². The third kappa shape index (κ3) is 4.50. The maximum absolute atomic E-state index is 13.5. The van der Waals surface area contributed by atoms with Crippen molar-refractivity contribution >= 4 is 17.3 Å². The molecule has 8 heteroatoms. The van der Waals surface area contributed by atoms with E-state index in [0.717, 1.165) is 44.1 Å². The summed E-state index contributed by atoms with van der Waals surface area (Å²) in [5.74, 6) is -0.498. The van der Waals surface area contributed by atoms with Crippen LogP contribution in [-0.4, -0.2) is 26.5 Å². The van der Waals surface area contributed by atoms with Crippen molar-refractivity contribution in [3.63, 3.8) is 0 Å². The van der Waals surface area contributed by atoms with Crippen LogP contribution in [0.25, 0.3) is 11.3 Å². The number of aromatic nitrogens is 3. The van der Waals surface area contributed by atoms with E-state index >= 15 is 0 Å². The number of halogens is 1. The fraction of sp³-hybridized carbons (Fsp3) is 0.379. The molecule has 0 spiro atoms. The van der Waals surface area contributed by atoms with Crippen molar-refractivity contribution in [1.82, 2.24) is 25.2 Å². The molecule has 0 radical (unpaired) electrons. The van der Waals surface area contributed by atoms with Gasteiger partial charge in [0, 0.05) is 29.6 Å². The summed E-state index contributed by atoms with van der Waals surface area (Å²) < 4.78 is 14.7. The van der Waals surface area contributed by atoms with E-state index in [1.165, 1.54) is 12.1 Å². The average molecular weight is 499 g/mol. The SMILES string of the molecule is C=C(NCc1ccc(F)cc1)c1cc(C(=O)NC(C)C23CCC(C(=C)C#N)(CC2)CC3)n2nccc2n1. The lowest BCUT2D eigenvalue weighted by atomic mass is 9.50. The molecule has 1 aromatic carbocycles. The second kappa shape index (κ2) is 9.47. The van der Waals surface area contributed by atoms with Crippen molar-refractivity contribution in [2.45, 2.75) is 58.0 Å². The molecule has 3 fully saturated rings. The number of rotatable bonds is 8. The Morgan fingerprint density at radius 1 is 1.16 bits per heavy atom. The van der Waals surface area contributed by atoms with Crippen molar-refractivity contribution < 1.29 is 9.18 Å². The van der Waals surface area contributed by atoms with E-state index in [0.29, 0.717) is 34.8 Å². The molecule has 1 atom stereocenters. The van der Waals surface area contributed by atoms with Crippen LogP contribution in [0.1, 0.15) is 67.2 Å². The molecule has 2 aromatic heterocycles. The van der Waals surface area contributed by atoms with E-state index in [1.807, 2.05) is 0 Å². The number of benzene rings is 1. The highest BCUT2D eigenvalue weighted by Crippen LogP contribution is 2.60. The topological polar surface area (TPSA) is 95.1 Å². The van der Waals surface area contributed by atoms with Crippen LogP contribution in [0.2, 0.25) is 0 Å². The third-order valence-corrected chi connectivity index (χ3v) is 8.67. The molecule has 0 aliphatic heterocycles. The first kappa shape index (κ1) is 24.7. The summed E-state index contributed by atoms with van der Waals surface area (Å²) in [5, 5.41) is 20.2. The molecule has 190 valence electrons. The molecule has 2 bridgehead atoms. The van der Waals surface area contributed by atoms with Gasteiger partial charge in [-0.15, -0.1) is 0 Å². The van der Waals surface area contributed by atoms with E-state index < -0.39 is 0 Å². The number of allylic oxidation sites excluding steroid dienone is 1. The minimum absolute atomic E-state index is 0.0204. The lowest BCUT2D eigenvalue weighted by molar-refractivity contribution is -0.00613. The van der Waals surface area contributed by atoms with Gasteiger partial charge in [-0.1, -0.05) is 25.3 Å². The Kier molecular flexibility index (Phi) is 6.32. The summed E-state index contributed by atoms with van der Waals surface area (Å²) in [6.45, 7) is 10.7. The molecule has 6 rings (SSSR count). The number of amides is 1. The average Bonchev–Trinajstić information content (AvgIpc) is 3.41. The van der Waals surface area contributed by atoms with Crippen LogP contribution < -0.4 is 10.6 Å². The largest absolute Gasteiger partial charge is 0.380 e. The summed E-state index contributed by atoms with van der Waals surface area (Å²) >= 11 is 0. The molecule has 2 N–H and O–H groups in total. The molecule has 3 saturated carbocycles. The van der Waals surface area contributed by atoms with Gasteiger partial charge < -0.3 is 10.6 Å². The lowest BCUT2D eigenvalue weighted by Gasteiger charge is -2.55. The molecule has 1 unspecified atom stereocenters. The maximum Gasteiger partial charge on any atom is 0.270 e. The predicted octanol–water partition coefficient (Wildman–Crippen LogP) is 5.17. The molecule has 3 aliphatic rings. The molecule has 2 heterocycles. The third-order valence-electron chi connectivity index (χ3n) is 8.67. The Balaban J connectivity index is 1.31. The summed E-state index contributed by atoms with van der Waals surface area (Å²) in [7, 11) is 0. The van der Waals surface area contributed by atoms with Crippen molar-refractivity contribution in [3.05, 3.63) is 84.1 Å². The van der Waals surface area contributed by atoms with Gasteiger partial charge >= 0.3 is 0 Å². The summed E-state index contributed by atoms with van der Waals surface area (Å²) in [6, 6.07) is 11.9. The molecule has 3 aliphatic carbocycles. The van der Waals surface area contributed by atoms with E-state index in [2.05, 4.69) is 46.9 Å². The highest BCUT2D eigenvalue weighted by molar-refractivity contribution is 5.94. The number of nitriles is 1. The quantitative estimate of drug-likeness (QED) is 0.418. The Bertz CT molecular complexity index is 1390. The van der Waals surface area contributed by atoms with Crippen LogP contribution >= 0.6 is 0 Å². The summed E-state index contributed by atoms with van der Waals surface area (Å²) in [6.07, 6.45) is 7.36. The molecular formula is C29H31FN6O. The Morgan fingerprint density at radius 3 is 2.49 bits per heavy atom. The number of carbonyl (C=O) groups excluding carboxylic acids is 1. The minimum Gasteiger partial charge on any atom is -0.380 e. The number of nitrogens with one attached hydrogen (secondary N) is 2. The van der Waals surface area contributed by atoms with Gasteiger partial charge in [-0.25, -0.2) is 13.9 Å². The molecule has 0 saturated heterocycles. The Labute approximate surface area is 216 Å². The first-order chi connectivity index (χ1) is 17.7. The first-order valence-electron chi connectivity index (χ1n) is 12.7. The lowest BCUT2D eigenvalue weighted by Crippen LogP contribution is -2.53. The minimum atomic E-state index is -0.284. The van der Waals surface area contributed by atoms with Crippen LogP contribution in [0.15, 0.2) is 61.3 Å². The fourth-order valence-corrected chi connectivity index (χ4v) is 5.99. The monoisotopic (exact) mass is 498 g/mol. The number of hydrogen-bond donors (Lipinski definition) is 2. The van der Waals surface area contributed by atoms with Gasteiger partial charge in [0.1, 0.15) is 11.5 Å². The molecule has 3 aromatic rings. The highest BCUT2D eigenvalue weighted by Gasteiger charge is 2.52. The predicted molar refractivity (Wildman–Crippen MR) is 140 cm³/mol. The van der Waals surface area contributed by atoms with Crippen molar-refractivity contribution in [1.29, 1.82) is 5.26 Å². The standard InChI is InChI=1S/C29H31FN6O/c1-19(17-31)28-9-12-29(13-10-28,14-11-28)21(3)34-27(37)25-16-24(35-26-8-15-33-36(25)26)20(2)32-18-22-4-6-23(30)7-5-22/h4-8,15-16,21,32H,1-2,9-14,18H2,3H3,(H,34,37). The van der Waals surface area contributed by atoms with Gasteiger partial charge in [0.25, 0.3) is 5.91 Å².